The van der Waals surface area contributed by atoms with Crippen LogP contribution in [0.15, 0.2) is 24.5 Å². The monoisotopic (exact) mass is 218 g/mol. The Labute approximate surface area is 96.2 Å². The fourth-order valence-corrected chi connectivity index (χ4v) is 2.47. The molecule has 1 saturated heterocycles. The molecule has 2 unspecified atom stereocenters. The first kappa shape index (κ1) is 10.2. The quantitative estimate of drug-likeness (QED) is 0.836. The summed E-state index contributed by atoms with van der Waals surface area (Å²) < 4.78 is 5.80. The van der Waals surface area contributed by atoms with Gasteiger partial charge in [0.25, 0.3) is 0 Å². The van der Waals surface area contributed by atoms with Crippen molar-refractivity contribution in [3.8, 4) is 0 Å². The first-order chi connectivity index (χ1) is 7.93. The number of hydrogen-bond donors (Lipinski definition) is 1. The van der Waals surface area contributed by atoms with E-state index in [1.165, 1.54) is 18.4 Å². The average molecular weight is 218 g/mol. The normalized spacial score (nSPS) is 29.5. The molecule has 3 rings (SSSR count). The van der Waals surface area contributed by atoms with Crippen molar-refractivity contribution in [1.82, 2.24) is 10.3 Å². The average Bonchev–Trinajstić information content (AvgIpc) is 3.07. The highest BCUT2D eigenvalue weighted by molar-refractivity contribution is 5.09. The van der Waals surface area contributed by atoms with E-state index in [1.54, 1.807) is 0 Å². The van der Waals surface area contributed by atoms with Crippen LogP contribution >= 0.6 is 0 Å². The van der Waals surface area contributed by atoms with Crippen molar-refractivity contribution in [3.63, 3.8) is 0 Å². The first-order valence-corrected chi connectivity index (χ1v) is 6.17. The molecule has 2 aliphatic rings. The second kappa shape index (κ2) is 4.52. The number of rotatable bonds is 4. The lowest BCUT2D eigenvalue weighted by Crippen LogP contribution is -2.37. The van der Waals surface area contributed by atoms with Crippen molar-refractivity contribution in [2.24, 2.45) is 5.92 Å². The molecule has 0 amide bonds. The van der Waals surface area contributed by atoms with Gasteiger partial charge in [-0.3, -0.25) is 4.98 Å². The van der Waals surface area contributed by atoms with Gasteiger partial charge in [-0.05, 0) is 42.9 Å². The SMILES string of the molecule is c1cc(CNC2CCOC2C2CC2)ccn1. The number of hydrogen-bond acceptors (Lipinski definition) is 3. The summed E-state index contributed by atoms with van der Waals surface area (Å²) in [6, 6.07) is 4.69. The van der Waals surface area contributed by atoms with Gasteiger partial charge in [0.1, 0.15) is 0 Å². The van der Waals surface area contributed by atoms with E-state index in [9.17, 15) is 0 Å². The summed E-state index contributed by atoms with van der Waals surface area (Å²) in [4.78, 5) is 4.03. The summed E-state index contributed by atoms with van der Waals surface area (Å²) in [5.41, 5.74) is 1.30. The Morgan fingerprint density at radius 2 is 2.06 bits per heavy atom. The summed E-state index contributed by atoms with van der Waals surface area (Å²) in [6.07, 6.45) is 8.05. The molecule has 2 fully saturated rings. The Morgan fingerprint density at radius 1 is 1.25 bits per heavy atom. The summed E-state index contributed by atoms with van der Waals surface area (Å²) in [5.74, 6) is 0.831. The van der Waals surface area contributed by atoms with Crippen LogP contribution in [0, 0.1) is 5.92 Å². The molecule has 0 bridgehead atoms. The third-order valence-corrected chi connectivity index (χ3v) is 3.54. The van der Waals surface area contributed by atoms with Crippen molar-refractivity contribution in [1.29, 1.82) is 0 Å². The van der Waals surface area contributed by atoms with Crippen LogP contribution in [-0.4, -0.2) is 23.7 Å². The number of ether oxygens (including phenoxy) is 1. The van der Waals surface area contributed by atoms with Gasteiger partial charge in [0, 0.05) is 31.6 Å². The molecule has 3 nitrogen and oxygen atoms in total. The third kappa shape index (κ3) is 2.25. The van der Waals surface area contributed by atoms with Gasteiger partial charge >= 0.3 is 0 Å². The van der Waals surface area contributed by atoms with Crippen LogP contribution < -0.4 is 5.32 Å². The van der Waals surface area contributed by atoms with Crippen molar-refractivity contribution in [2.75, 3.05) is 6.61 Å². The van der Waals surface area contributed by atoms with E-state index in [4.69, 9.17) is 4.74 Å². The number of nitrogens with one attached hydrogen (secondary N) is 1. The van der Waals surface area contributed by atoms with Gasteiger partial charge in [-0.1, -0.05) is 0 Å². The minimum atomic E-state index is 0.474. The van der Waals surface area contributed by atoms with Crippen molar-refractivity contribution in [2.45, 2.75) is 38.0 Å². The zero-order chi connectivity index (χ0) is 10.8. The maximum absolute atomic E-state index is 5.80. The van der Waals surface area contributed by atoms with E-state index < -0.39 is 0 Å². The lowest BCUT2D eigenvalue weighted by atomic mass is 10.1. The topological polar surface area (TPSA) is 34.1 Å². The van der Waals surface area contributed by atoms with Crippen LogP contribution in [0.1, 0.15) is 24.8 Å². The zero-order valence-corrected chi connectivity index (χ0v) is 9.43. The van der Waals surface area contributed by atoms with Crippen LogP contribution in [-0.2, 0) is 11.3 Å². The van der Waals surface area contributed by atoms with Gasteiger partial charge in [0.15, 0.2) is 0 Å². The van der Waals surface area contributed by atoms with Gasteiger partial charge in [0.2, 0.25) is 0 Å². The summed E-state index contributed by atoms with van der Waals surface area (Å²) in [7, 11) is 0. The highest BCUT2D eigenvalue weighted by Gasteiger charge is 2.40. The lowest BCUT2D eigenvalue weighted by Gasteiger charge is -2.19. The van der Waals surface area contributed by atoms with Gasteiger partial charge in [-0.2, -0.15) is 0 Å². The maximum Gasteiger partial charge on any atom is 0.0757 e. The van der Waals surface area contributed by atoms with Crippen LogP contribution in [0.3, 0.4) is 0 Å². The number of aromatic nitrogens is 1. The standard InChI is InChI=1S/C13H18N2O/c1-2-11(1)13-12(5-8-16-13)15-9-10-3-6-14-7-4-10/h3-4,6-7,11-13,15H,1-2,5,8-9H2. The van der Waals surface area contributed by atoms with Crippen LogP contribution in [0.5, 0.6) is 0 Å². The fourth-order valence-electron chi connectivity index (χ4n) is 2.47. The molecule has 1 N–H and O–H groups in total. The van der Waals surface area contributed by atoms with E-state index in [0.717, 1.165) is 25.5 Å². The zero-order valence-electron chi connectivity index (χ0n) is 9.43. The fraction of sp³-hybridized carbons (Fsp3) is 0.615. The van der Waals surface area contributed by atoms with Gasteiger partial charge < -0.3 is 10.1 Å². The van der Waals surface area contributed by atoms with Crippen LogP contribution in [0.25, 0.3) is 0 Å². The molecule has 2 heterocycles. The van der Waals surface area contributed by atoms with E-state index in [1.807, 2.05) is 12.4 Å². The molecule has 1 aromatic rings. The molecular weight excluding hydrogens is 200 g/mol. The van der Waals surface area contributed by atoms with Crippen LogP contribution in [0.4, 0.5) is 0 Å². The Hall–Kier alpha value is -0.930. The minimum Gasteiger partial charge on any atom is -0.376 e. The first-order valence-electron chi connectivity index (χ1n) is 6.17. The predicted octanol–water partition coefficient (Wildman–Crippen LogP) is 1.74. The molecule has 0 aromatic carbocycles. The highest BCUT2D eigenvalue weighted by Crippen LogP contribution is 2.38. The van der Waals surface area contributed by atoms with Crippen molar-refractivity contribution < 1.29 is 4.74 Å². The molecule has 16 heavy (non-hydrogen) atoms. The second-order valence-corrected chi connectivity index (χ2v) is 4.80. The maximum atomic E-state index is 5.80. The highest BCUT2D eigenvalue weighted by atomic mass is 16.5. The summed E-state index contributed by atoms with van der Waals surface area (Å²) in [6.45, 7) is 1.86. The second-order valence-electron chi connectivity index (χ2n) is 4.80. The Morgan fingerprint density at radius 3 is 2.81 bits per heavy atom. The Balaban J connectivity index is 1.54. The molecule has 86 valence electrons. The molecule has 1 aromatic heterocycles. The lowest BCUT2D eigenvalue weighted by molar-refractivity contribution is 0.0809. The molecule has 0 radical (unpaired) electrons. The minimum absolute atomic E-state index is 0.474. The van der Waals surface area contributed by atoms with E-state index in [0.29, 0.717) is 12.1 Å². The van der Waals surface area contributed by atoms with E-state index >= 15 is 0 Å². The van der Waals surface area contributed by atoms with E-state index in [-0.39, 0.29) is 0 Å². The van der Waals surface area contributed by atoms with Gasteiger partial charge in [-0.25, -0.2) is 0 Å². The molecule has 3 heteroatoms. The third-order valence-electron chi connectivity index (χ3n) is 3.54. The number of pyridine rings is 1. The number of nitrogens with zero attached hydrogens (tertiary/aromatic N) is 1. The smallest absolute Gasteiger partial charge is 0.0757 e. The van der Waals surface area contributed by atoms with Crippen molar-refractivity contribution >= 4 is 0 Å². The molecule has 1 saturated carbocycles. The Bertz CT molecular complexity index is 337. The molecule has 1 aliphatic heterocycles. The summed E-state index contributed by atoms with van der Waals surface area (Å²) >= 11 is 0. The Kier molecular flexibility index (Phi) is 2.89. The van der Waals surface area contributed by atoms with E-state index in [2.05, 4.69) is 22.4 Å². The molecule has 0 spiro atoms. The molecular formula is C13H18N2O. The van der Waals surface area contributed by atoms with Gasteiger partial charge in [0.05, 0.1) is 6.10 Å². The van der Waals surface area contributed by atoms with Crippen LogP contribution in [0.2, 0.25) is 0 Å². The molecule has 2 atom stereocenters. The summed E-state index contributed by atoms with van der Waals surface area (Å²) in [5, 5.41) is 3.62. The molecule has 1 aliphatic carbocycles. The van der Waals surface area contributed by atoms with Crippen molar-refractivity contribution in [3.05, 3.63) is 30.1 Å². The van der Waals surface area contributed by atoms with Gasteiger partial charge in [-0.15, -0.1) is 0 Å². The predicted molar refractivity (Wildman–Crippen MR) is 61.9 cm³/mol. The largest absolute Gasteiger partial charge is 0.376 e.